The normalized spacial score (nSPS) is 12.5. The molecule has 16 heteroatoms. The Kier molecular flexibility index (Phi) is 12.1. The van der Waals surface area contributed by atoms with Crippen molar-refractivity contribution in [3.05, 3.63) is 316 Å². The number of benzene rings is 12. The zero-order chi connectivity index (χ0) is 75.3. The van der Waals surface area contributed by atoms with Crippen LogP contribution in [0, 0.1) is 0 Å². The van der Waals surface area contributed by atoms with Crippen LogP contribution in [-0.4, -0.2) is 77.4 Å². The zero-order valence-electron chi connectivity index (χ0n) is 61.2. The topological polar surface area (TPSA) is 172 Å². The Balaban J connectivity index is 0.000000124. The number of imidazole rings is 4. The van der Waals surface area contributed by atoms with Crippen molar-refractivity contribution in [3.8, 4) is 22.3 Å². The molecule has 0 saturated heterocycles. The lowest BCUT2D eigenvalue weighted by Crippen LogP contribution is -1.95. The van der Waals surface area contributed by atoms with Gasteiger partial charge in [-0.25, -0.2) is 19.9 Å². The summed E-state index contributed by atoms with van der Waals surface area (Å²) in [6, 6.07) is 94.8. The van der Waals surface area contributed by atoms with E-state index >= 15 is 0 Å². The Bertz CT molecular complexity index is 8870. The standard InChI is InChI=1S/2C50H26N8/c1-3-15-39-29(9-1)37-25-27(17-19-31(37)49-55-45-33-11-5-21-51-41(33)43-35(13-7-23-53-43)47(45)57(39)49)28-18-20-32-38(26-28)30-10-2-4-16-40(30)58-48-36-14-8-24-54-44(36)42-34(12-6-22-52-42)46(48)56-50(32)58;1-3-11-31-29(9-1)37-25-27(17-19-39(37)57-47-35-15-7-23-53-43(35)41-33(13-5-21-51-41)45(47)55-49(31)57)28-18-20-40-38(26-28)30-10-2-4-12-32(30)50-56-46-34-14-6-22-52-42(34)44-36(16-8-24-54-44)48(46)58(40)50/h2*1-26H. The molecule has 0 atom stereocenters. The molecule has 0 aliphatic carbocycles. The maximum absolute atomic E-state index is 5.41. The first kappa shape index (κ1) is 61.6. The van der Waals surface area contributed by atoms with E-state index in [1.807, 2.05) is 98.1 Å². The smallest absolute Gasteiger partial charge is 0.146 e. The largest absolute Gasteiger partial charge is 0.291 e. The molecule has 16 heterocycles. The highest BCUT2D eigenvalue weighted by molar-refractivity contribution is 6.30. The first-order valence-electron chi connectivity index (χ1n) is 38.7. The van der Waals surface area contributed by atoms with Gasteiger partial charge in [0.15, 0.2) is 0 Å². The van der Waals surface area contributed by atoms with Gasteiger partial charge in [0.05, 0.1) is 110 Å². The van der Waals surface area contributed by atoms with E-state index in [4.69, 9.17) is 59.8 Å². The number of fused-ring (bicyclic) bond motifs is 52. The minimum absolute atomic E-state index is 0.866. The molecular formula is C100H52N16. The van der Waals surface area contributed by atoms with Crippen LogP contribution in [0.4, 0.5) is 0 Å². The highest BCUT2D eigenvalue weighted by atomic mass is 15.1. The van der Waals surface area contributed by atoms with Crippen LogP contribution in [0.5, 0.6) is 0 Å². The number of nitrogens with zero attached hydrogens (tertiary/aromatic N) is 16. The van der Waals surface area contributed by atoms with E-state index < -0.39 is 0 Å². The van der Waals surface area contributed by atoms with E-state index in [0.29, 0.717) is 0 Å². The van der Waals surface area contributed by atoms with Crippen molar-refractivity contribution < 1.29 is 0 Å². The van der Waals surface area contributed by atoms with Crippen molar-refractivity contribution in [1.82, 2.24) is 77.4 Å². The average molecular weight is 1480 g/mol. The first-order valence-corrected chi connectivity index (χ1v) is 38.7. The fourth-order valence-electron chi connectivity index (χ4n) is 19.5. The van der Waals surface area contributed by atoms with Gasteiger partial charge >= 0.3 is 0 Å². The van der Waals surface area contributed by atoms with E-state index in [2.05, 4.69) is 236 Å². The molecule has 16 nitrogen and oxygen atoms in total. The second-order valence-electron chi connectivity index (χ2n) is 30.2. The Morgan fingerprint density at radius 1 is 0.147 bits per heavy atom. The van der Waals surface area contributed by atoms with Gasteiger partial charge in [-0.3, -0.25) is 57.5 Å². The molecule has 0 radical (unpaired) electrons. The molecule has 0 aliphatic heterocycles. The predicted octanol–water partition coefficient (Wildman–Crippen LogP) is 23.5. The molecule has 0 bridgehead atoms. The van der Waals surface area contributed by atoms with Gasteiger partial charge in [0.25, 0.3) is 0 Å². The van der Waals surface area contributed by atoms with Crippen LogP contribution in [0.15, 0.2) is 316 Å². The van der Waals surface area contributed by atoms with E-state index in [0.717, 1.165) is 263 Å². The lowest BCUT2D eigenvalue weighted by atomic mass is 9.96. The molecular weight excluding hydrogens is 1430 g/mol. The summed E-state index contributed by atoms with van der Waals surface area (Å²) in [4.78, 5) is 59.9. The van der Waals surface area contributed by atoms with Crippen molar-refractivity contribution in [3.63, 3.8) is 0 Å². The van der Waals surface area contributed by atoms with Crippen LogP contribution in [0.3, 0.4) is 0 Å². The molecule has 16 aromatic heterocycles. The van der Waals surface area contributed by atoms with Gasteiger partial charge in [-0.1, -0.05) is 109 Å². The lowest BCUT2D eigenvalue weighted by Gasteiger charge is -2.14. The highest BCUT2D eigenvalue weighted by Crippen LogP contribution is 2.47. The molecule has 0 amide bonds. The minimum atomic E-state index is 0.866. The number of hydrogen-bond donors (Lipinski definition) is 0. The van der Waals surface area contributed by atoms with Crippen molar-refractivity contribution >= 4 is 241 Å². The third-order valence-electron chi connectivity index (χ3n) is 24.4. The van der Waals surface area contributed by atoms with E-state index in [-0.39, 0.29) is 0 Å². The maximum atomic E-state index is 5.41. The molecule has 0 saturated carbocycles. The van der Waals surface area contributed by atoms with E-state index in [9.17, 15) is 0 Å². The molecule has 0 unspecified atom stereocenters. The van der Waals surface area contributed by atoms with E-state index in [1.165, 1.54) is 0 Å². The number of pyridine rings is 12. The van der Waals surface area contributed by atoms with Crippen LogP contribution < -0.4 is 0 Å². The second-order valence-corrected chi connectivity index (χ2v) is 30.2. The average Bonchev–Trinajstić information content (AvgIpc) is 1.55. The third-order valence-corrected chi connectivity index (χ3v) is 24.4. The third kappa shape index (κ3) is 8.13. The molecule has 116 heavy (non-hydrogen) atoms. The first-order chi connectivity index (χ1) is 57.6. The SMILES string of the molecule is c1ccc2c(c1)c1cc(-c3ccc4c(c3)c3ccccc3c3nc5c6cccnc6c6ncccc6c5n43)ccc1n1c2nc2c3cccnc3c3ncccc3c21.c1cnc2c(c1)c1nc3c4ccc(-c5ccc6c(c5)c5ccccc5n5c6nc6c7cccnc7c7ncccc7c65)cc4c4ccccc4n3c1c1cccnc12. The fraction of sp³-hybridized carbons (Fsp3) is 0. The quantitative estimate of drug-likeness (QED) is 0.150. The maximum Gasteiger partial charge on any atom is 0.146 e. The summed E-state index contributed by atoms with van der Waals surface area (Å²) in [5.41, 5.74) is 27.5. The van der Waals surface area contributed by atoms with Crippen LogP contribution in [0.1, 0.15) is 0 Å². The van der Waals surface area contributed by atoms with Crippen LogP contribution in [0.2, 0.25) is 0 Å². The minimum Gasteiger partial charge on any atom is -0.291 e. The fourth-order valence-corrected chi connectivity index (χ4v) is 19.5. The molecule has 28 aromatic rings. The zero-order valence-corrected chi connectivity index (χ0v) is 61.2. The summed E-state index contributed by atoms with van der Waals surface area (Å²) in [5.74, 6) is 0. The van der Waals surface area contributed by atoms with Gasteiger partial charge in [-0.15, -0.1) is 0 Å². The van der Waals surface area contributed by atoms with Gasteiger partial charge < -0.3 is 0 Å². The number of para-hydroxylation sites is 2. The van der Waals surface area contributed by atoms with Crippen molar-refractivity contribution in [2.45, 2.75) is 0 Å². The Morgan fingerprint density at radius 2 is 0.362 bits per heavy atom. The summed E-state index contributed by atoms with van der Waals surface area (Å²) in [5, 5.41) is 21.8. The lowest BCUT2D eigenvalue weighted by molar-refractivity contribution is 1.31. The van der Waals surface area contributed by atoms with Gasteiger partial charge in [-0.2, -0.15) is 0 Å². The van der Waals surface area contributed by atoms with E-state index in [1.54, 1.807) is 0 Å². The molecule has 0 fully saturated rings. The second kappa shape index (κ2) is 22.8. The summed E-state index contributed by atoms with van der Waals surface area (Å²) in [7, 11) is 0. The molecule has 532 valence electrons. The van der Waals surface area contributed by atoms with Crippen LogP contribution in [0.25, 0.3) is 263 Å². The molecule has 0 spiro atoms. The molecule has 0 N–H and O–H groups in total. The summed E-state index contributed by atoms with van der Waals surface area (Å²) >= 11 is 0. The van der Waals surface area contributed by atoms with Gasteiger partial charge in [0.2, 0.25) is 0 Å². The van der Waals surface area contributed by atoms with Gasteiger partial charge in [0, 0.05) is 136 Å². The number of hydrogen-bond acceptors (Lipinski definition) is 12. The van der Waals surface area contributed by atoms with Crippen LogP contribution >= 0.6 is 0 Å². The summed E-state index contributed by atoms with van der Waals surface area (Å²) < 4.78 is 9.31. The summed E-state index contributed by atoms with van der Waals surface area (Å²) in [6.07, 6.45) is 14.7. The molecule has 0 aliphatic rings. The van der Waals surface area contributed by atoms with Crippen LogP contribution in [-0.2, 0) is 0 Å². The van der Waals surface area contributed by atoms with Crippen molar-refractivity contribution in [1.29, 1.82) is 0 Å². The van der Waals surface area contributed by atoms with Gasteiger partial charge in [0.1, 0.15) is 22.6 Å². The molecule has 12 aromatic carbocycles. The Hall–Kier alpha value is -16.2. The number of rotatable bonds is 2. The monoisotopic (exact) mass is 1480 g/mol. The molecule has 28 rings (SSSR count). The Labute approximate surface area is 652 Å². The summed E-state index contributed by atoms with van der Waals surface area (Å²) in [6.45, 7) is 0. The number of aromatic nitrogens is 16. The van der Waals surface area contributed by atoms with Crippen molar-refractivity contribution in [2.24, 2.45) is 0 Å². The highest BCUT2D eigenvalue weighted by Gasteiger charge is 2.27. The Morgan fingerprint density at radius 3 is 0.664 bits per heavy atom. The van der Waals surface area contributed by atoms with Crippen molar-refractivity contribution in [2.75, 3.05) is 0 Å². The van der Waals surface area contributed by atoms with Gasteiger partial charge in [-0.05, 0) is 202 Å². The predicted molar refractivity (Wildman–Crippen MR) is 471 cm³/mol.